The third kappa shape index (κ3) is 3.87. The van der Waals surface area contributed by atoms with Crippen molar-refractivity contribution in [3.8, 4) is 0 Å². The first-order valence-electron chi connectivity index (χ1n) is 6.69. The van der Waals surface area contributed by atoms with E-state index in [2.05, 4.69) is 30.6 Å². The SMILES string of the molecule is CCCC(=O)CN1CCC(N(CC)CC)C1. The van der Waals surface area contributed by atoms with Crippen molar-refractivity contribution < 1.29 is 4.79 Å². The van der Waals surface area contributed by atoms with E-state index < -0.39 is 0 Å². The Morgan fingerprint density at radius 3 is 2.56 bits per heavy atom. The second-order valence-corrected chi connectivity index (χ2v) is 4.69. The van der Waals surface area contributed by atoms with E-state index in [4.69, 9.17) is 0 Å². The predicted molar refractivity (Wildman–Crippen MR) is 67.7 cm³/mol. The average molecular weight is 226 g/mol. The Morgan fingerprint density at radius 2 is 2.00 bits per heavy atom. The molecule has 16 heavy (non-hydrogen) atoms. The molecule has 1 heterocycles. The lowest BCUT2D eigenvalue weighted by molar-refractivity contribution is -0.120. The third-order valence-corrected chi connectivity index (χ3v) is 3.51. The van der Waals surface area contributed by atoms with Crippen molar-refractivity contribution >= 4 is 5.78 Å². The van der Waals surface area contributed by atoms with Crippen molar-refractivity contribution in [2.75, 3.05) is 32.7 Å². The van der Waals surface area contributed by atoms with Crippen molar-refractivity contribution in [2.45, 2.75) is 46.1 Å². The van der Waals surface area contributed by atoms with Crippen LogP contribution in [0.15, 0.2) is 0 Å². The number of likely N-dealkylation sites (N-methyl/N-ethyl adjacent to an activating group) is 1. The quantitative estimate of drug-likeness (QED) is 0.661. The van der Waals surface area contributed by atoms with Crippen LogP contribution in [-0.2, 0) is 4.79 Å². The van der Waals surface area contributed by atoms with Crippen molar-refractivity contribution in [3.63, 3.8) is 0 Å². The van der Waals surface area contributed by atoms with Crippen LogP contribution in [0.3, 0.4) is 0 Å². The molecular weight excluding hydrogens is 200 g/mol. The van der Waals surface area contributed by atoms with Crippen LogP contribution in [0.5, 0.6) is 0 Å². The zero-order valence-electron chi connectivity index (χ0n) is 11.0. The van der Waals surface area contributed by atoms with Gasteiger partial charge in [-0.3, -0.25) is 14.6 Å². The molecule has 3 heteroatoms. The highest BCUT2D eigenvalue weighted by atomic mass is 16.1. The van der Waals surface area contributed by atoms with Crippen molar-refractivity contribution in [1.29, 1.82) is 0 Å². The van der Waals surface area contributed by atoms with Crippen LogP contribution in [0.1, 0.15) is 40.0 Å². The molecule has 1 aliphatic rings. The highest BCUT2D eigenvalue weighted by Crippen LogP contribution is 2.15. The Morgan fingerprint density at radius 1 is 1.31 bits per heavy atom. The molecule has 3 nitrogen and oxygen atoms in total. The van der Waals surface area contributed by atoms with Crippen LogP contribution in [0.2, 0.25) is 0 Å². The molecule has 94 valence electrons. The van der Waals surface area contributed by atoms with E-state index in [0.717, 1.165) is 39.0 Å². The Balaban J connectivity index is 2.31. The molecule has 1 aliphatic heterocycles. The smallest absolute Gasteiger partial charge is 0.146 e. The summed E-state index contributed by atoms with van der Waals surface area (Å²) in [6, 6.07) is 0.671. The first-order chi connectivity index (χ1) is 7.71. The first kappa shape index (κ1) is 13.7. The van der Waals surface area contributed by atoms with Gasteiger partial charge in [-0.2, -0.15) is 0 Å². The van der Waals surface area contributed by atoms with Crippen LogP contribution in [-0.4, -0.2) is 54.3 Å². The third-order valence-electron chi connectivity index (χ3n) is 3.51. The monoisotopic (exact) mass is 226 g/mol. The summed E-state index contributed by atoms with van der Waals surface area (Å²) >= 11 is 0. The fraction of sp³-hybridized carbons (Fsp3) is 0.923. The molecule has 0 aromatic heterocycles. The molecule has 0 aromatic carbocycles. The summed E-state index contributed by atoms with van der Waals surface area (Å²) in [7, 11) is 0. The minimum atomic E-state index is 0.405. The number of likely N-dealkylation sites (tertiary alicyclic amines) is 1. The van der Waals surface area contributed by atoms with Gasteiger partial charge in [0.25, 0.3) is 0 Å². The molecular formula is C13H26N2O. The Bertz CT molecular complexity index is 214. The molecule has 0 aliphatic carbocycles. The zero-order valence-corrected chi connectivity index (χ0v) is 11.0. The van der Waals surface area contributed by atoms with E-state index in [0.29, 0.717) is 18.4 Å². The van der Waals surface area contributed by atoms with E-state index in [9.17, 15) is 4.79 Å². The second kappa shape index (κ2) is 7.02. The van der Waals surface area contributed by atoms with Crippen LogP contribution in [0, 0.1) is 0 Å². The van der Waals surface area contributed by atoms with E-state index >= 15 is 0 Å². The lowest BCUT2D eigenvalue weighted by Crippen LogP contribution is -2.38. The number of rotatable bonds is 7. The van der Waals surface area contributed by atoms with E-state index in [-0.39, 0.29) is 0 Å². The Hall–Kier alpha value is -0.410. The molecule has 1 atom stereocenters. The van der Waals surface area contributed by atoms with Gasteiger partial charge in [0.15, 0.2) is 0 Å². The number of hydrogen-bond acceptors (Lipinski definition) is 3. The molecule has 1 fully saturated rings. The van der Waals surface area contributed by atoms with Gasteiger partial charge in [0.1, 0.15) is 5.78 Å². The van der Waals surface area contributed by atoms with Crippen molar-refractivity contribution in [3.05, 3.63) is 0 Å². The minimum Gasteiger partial charge on any atom is -0.300 e. The van der Waals surface area contributed by atoms with Crippen LogP contribution < -0.4 is 0 Å². The highest BCUT2D eigenvalue weighted by Gasteiger charge is 2.26. The molecule has 1 rings (SSSR count). The summed E-state index contributed by atoms with van der Waals surface area (Å²) in [5.41, 5.74) is 0. The van der Waals surface area contributed by atoms with Crippen LogP contribution >= 0.6 is 0 Å². The summed E-state index contributed by atoms with van der Waals surface area (Å²) in [6.07, 6.45) is 2.94. The largest absolute Gasteiger partial charge is 0.300 e. The molecule has 0 radical (unpaired) electrons. The maximum absolute atomic E-state index is 11.6. The maximum Gasteiger partial charge on any atom is 0.146 e. The fourth-order valence-electron chi connectivity index (χ4n) is 2.60. The van der Waals surface area contributed by atoms with Gasteiger partial charge >= 0.3 is 0 Å². The average Bonchev–Trinajstić information content (AvgIpc) is 2.68. The molecule has 1 unspecified atom stereocenters. The van der Waals surface area contributed by atoms with Crippen LogP contribution in [0.4, 0.5) is 0 Å². The molecule has 1 saturated heterocycles. The van der Waals surface area contributed by atoms with Gasteiger partial charge in [0.2, 0.25) is 0 Å². The molecule has 0 N–H and O–H groups in total. The second-order valence-electron chi connectivity index (χ2n) is 4.69. The number of nitrogens with zero attached hydrogens (tertiary/aromatic N) is 2. The minimum absolute atomic E-state index is 0.405. The van der Waals surface area contributed by atoms with E-state index in [1.165, 1.54) is 6.42 Å². The van der Waals surface area contributed by atoms with E-state index in [1.807, 2.05) is 0 Å². The van der Waals surface area contributed by atoms with Gasteiger partial charge in [0.05, 0.1) is 6.54 Å². The van der Waals surface area contributed by atoms with Gasteiger partial charge < -0.3 is 0 Å². The lowest BCUT2D eigenvalue weighted by Gasteiger charge is -2.26. The fourth-order valence-corrected chi connectivity index (χ4v) is 2.60. The summed E-state index contributed by atoms with van der Waals surface area (Å²) in [5.74, 6) is 0.405. The summed E-state index contributed by atoms with van der Waals surface area (Å²) in [4.78, 5) is 16.4. The molecule has 0 bridgehead atoms. The summed E-state index contributed by atoms with van der Waals surface area (Å²) < 4.78 is 0. The zero-order chi connectivity index (χ0) is 12.0. The molecule has 0 spiro atoms. The lowest BCUT2D eigenvalue weighted by atomic mass is 10.2. The topological polar surface area (TPSA) is 23.6 Å². The van der Waals surface area contributed by atoms with Gasteiger partial charge in [-0.1, -0.05) is 20.8 Å². The normalized spacial score (nSPS) is 21.9. The molecule has 0 amide bonds. The maximum atomic E-state index is 11.6. The number of Topliss-reactive ketones (excluding diaryl/α,β-unsaturated/α-hetero) is 1. The molecule has 0 saturated carbocycles. The summed E-state index contributed by atoms with van der Waals surface area (Å²) in [6.45, 7) is 11.6. The summed E-state index contributed by atoms with van der Waals surface area (Å²) in [5, 5.41) is 0. The number of ketones is 1. The van der Waals surface area contributed by atoms with Gasteiger partial charge in [0, 0.05) is 25.6 Å². The van der Waals surface area contributed by atoms with E-state index in [1.54, 1.807) is 0 Å². The van der Waals surface area contributed by atoms with Crippen molar-refractivity contribution in [2.24, 2.45) is 0 Å². The number of hydrogen-bond donors (Lipinski definition) is 0. The number of carbonyl (C=O) groups is 1. The Kier molecular flexibility index (Phi) is 5.99. The van der Waals surface area contributed by atoms with Gasteiger partial charge in [-0.05, 0) is 25.9 Å². The highest BCUT2D eigenvalue weighted by molar-refractivity contribution is 5.80. The Labute approximate surface area is 99.8 Å². The van der Waals surface area contributed by atoms with Crippen molar-refractivity contribution in [1.82, 2.24) is 9.80 Å². The number of carbonyl (C=O) groups excluding carboxylic acids is 1. The van der Waals surface area contributed by atoms with Gasteiger partial charge in [-0.15, -0.1) is 0 Å². The standard InChI is InChI=1S/C13H26N2O/c1-4-7-13(16)11-14-9-8-12(10-14)15(5-2)6-3/h12H,4-11H2,1-3H3. The van der Waals surface area contributed by atoms with Crippen LogP contribution in [0.25, 0.3) is 0 Å². The first-order valence-corrected chi connectivity index (χ1v) is 6.69. The predicted octanol–water partition coefficient (Wildman–Crippen LogP) is 1.77. The van der Waals surface area contributed by atoms with Gasteiger partial charge in [-0.25, -0.2) is 0 Å². The molecule has 0 aromatic rings.